The van der Waals surface area contributed by atoms with Crippen molar-refractivity contribution in [1.29, 1.82) is 0 Å². The molecule has 1 aromatic carbocycles. The summed E-state index contributed by atoms with van der Waals surface area (Å²) >= 11 is 12.2. The summed E-state index contributed by atoms with van der Waals surface area (Å²) in [6.07, 6.45) is -0.00356. The Morgan fingerprint density at radius 3 is 2.94 bits per heavy atom. The van der Waals surface area contributed by atoms with Gasteiger partial charge in [-0.2, -0.15) is 0 Å². The van der Waals surface area contributed by atoms with Gasteiger partial charge in [-0.15, -0.1) is 0 Å². The summed E-state index contributed by atoms with van der Waals surface area (Å²) in [7, 11) is 0. The van der Waals surface area contributed by atoms with Crippen LogP contribution >= 0.6 is 23.2 Å². The number of rotatable bonds is 1. The van der Waals surface area contributed by atoms with Crippen LogP contribution < -0.4 is 5.32 Å². The van der Waals surface area contributed by atoms with E-state index in [0.29, 0.717) is 16.0 Å². The molecule has 2 nitrogen and oxygen atoms in total. The van der Waals surface area contributed by atoms with Crippen LogP contribution in [-0.2, 0) is 4.74 Å². The second-order valence-electron chi connectivity index (χ2n) is 4.23. The van der Waals surface area contributed by atoms with Gasteiger partial charge in [0.2, 0.25) is 0 Å². The highest BCUT2D eigenvalue weighted by atomic mass is 35.5. The van der Waals surface area contributed by atoms with Gasteiger partial charge in [-0.25, -0.2) is 0 Å². The Hall–Kier alpha value is -0.280. The van der Waals surface area contributed by atoms with Crippen LogP contribution in [-0.4, -0.2) is 19.7 Å². The predicted molar refractivity (Wildman–Crippen MR) is 67.2 cm³/mol. The van der Waals surface area contributed by atoms with Gasteiger partial charge >= 0.3 is 0 Å². The smallest absolute Gasteiger partial charge is 0.0964 e. The molecule has 16 heavy (non-hydrogen) atoms. The molecule has 0 spiro atoms. The van der Waals surface area contributed by atoms with Gasteiger partial charge in [0.15, 0.2) is 0 Å². The third kappa shape index (κ3) is 2.69. The Kier molecular flexibility index (Phi) is 4.09. The van der Waals surface area contributed by atoms with Crippen molar-refractivity contribution in [3.8, 4) is 0 Å². The van der Waals surface area contributed by atoms with E-state index in [1.807, 2.05) is 12.1 Å². The molecule has 0 bridgehead atoms. The van der Waals surface area contributed by atoms with Crippen molar-refractivity contribution in [2.45, 2.75) is 13.0 Å². The van der Waals surface area contributed by atoms with E-state index in [2.05, 4.69) is 12.2 Å². The van der Waals surface area contributed by atoms with Gasteiger partial charge in [-0.3, -0.25) is 0 Å². The van der Waals surface area contributed by atoms with Crippen molar-refractivity contribution in [1.82, 2.24) is 5.32 Å². The van der Waals surface area contributed by atoms with Gasteiger partial charge in [0, 0.05) is 18.7 Å². The highest BCUT2D eigenvalue weighted by Crippen LogP contribution is 2.32. The minimum absolute atomic E-state index is 0.00356. The fourth-order valence-corrected chi connectivity index (χ4v) is 2.26. The SMILES string of the molecule is CC1CNCC(c2cccc(Cl)c2Cl)OC1. The lowest BCUT2D eigenvalue weighted by Crippen LogP contribution is -2.22. The molecule has 1 N–H and O–H groups in total. The van der Waals surface area contributed by atoms with E-state index in [4.69, 9.17) is 27.9 Å². The predicted octanol–water partition coefficient (Wildman–Crippen LogP) is 3.29. The number of halogens is 2. The summed E-state index contributed by atoms with van der Waals surface area (Å²) in [6, 6.07) is 5.66. The number of nitrogens with one attached hydrogen (secondary N) is 1. The van der Waals surface area contributed by atoms with Crippen molar-refractivity contribution in [3.05, 3.63) is 33.8 Å². The van der Waals surface area contributed by atoms with E-state index < -0.39 is 0 Å². The average Bonchev–Trinajstić information content (AvgIpc) is 2.47. The van der Waals surface area contributed by atoms with Crippen LogP contribution in [0.5, 0.6) is 0 Å². The molecule has 4 heteroatoms. The van der Waals surface area contributed by atoms with Gasteiger partial charge in [0.05, 0.1) is 22.8 Å². The molecule has 0 saturated carbocycles. The molecule has 1 heterocycles. The third-order valence-corrected chi connectivity index (χ3v) is 3.57. The molecule has 0 aliphatic carbocycles. The largest absolute Gasteiger partial charge is 0.372 e. The number of hydrogen-bond acceptors (Lipinski definition) is 2. The number of hydrogen-bond donors (Lipinski definition) is 1. The Morgan fingerprint density at radius 1 is 1.31 bits per heavy atom. The minimum Gasteiger partial charge on any atom is -0.372 e. The van der Waals surface area contributed by atoms with Gasteiger partial charge in [0.25, 0.3) is 0 Å². The van der Waals surface area contributed by atoms with Crippen molar-refractivity contribution in [2.75, 3.05) is 19.7 Å². The van der Waals surface area contributed by atoms with Gasteiger partial charge < -0.3 is 10.1 Å². The molecule has 0 amide bonds. The van der Waals surface area contributed by atoms with Crippen molar-refractivity contribution < 1.29 is 4.74 Å². The first kappa shape index (κ1) is 12.2. The molecular weight excluding hydrogens is 245 g/mol. The van der Waals surface area contributed by atoms with Crippen LogP contribution in [0.3, 0.4) is 0 Å². The maximum Gasteiger partial charge on any atom is 0.0964 e. The normalized spacial score (nSPS) is 26.4. The monoisotopic (exact) mass is 259 g/mol. The molecule has 0 radical (unpaired) electrons. The van der Waals surface area contributed by atoms with Gasteiger partial charge in [-0.05, 0) is 12.0 Å². The quantitative estimate of drug-likeness (QED) is 0.836. The van der Waals surface area contributed by atoms with E-state index in [1.54, 1.807) is 6.07 Å². The summed E-state index contributed by atoms with van der Waals surface area (Å²) in [5, 5.41) is 4.55. The summed E-state index contributed by atoms with van der Waals surface area (Å²) in [6.45, 7) is 4.68. The molecule has 2 unspecified atom stereocenters. The van der Waals surface area contributed by atoms with Crippen LogP contribution in [0.2, 0.25) is 10.0 Å². The lowest BCUT2D eigenvalue weighted by molar-refractivity contribution is 0.0516. The lowest BCUT2D eigenvalue weighted by atomic mass is 10.1. The van der Waals surface area contributed by atoms with Crippen molar-refractivity contribution in [3.63, 3.8) is 0 Å². The standard InChI is InChI=1S/C12H15Cl2NO/c1-8-5-15-6-11(16-7-8)9-3-2-4-10(13)12(9)14/h2-4,8,11,15H,5-7H2,1H3. The Balaban J connectivity index is 2.20. The molecule has 88 valence electrons. The Bertz CT molecular complexity index is 370. The van der Waals surface area contributed by atoms with Crippen molar-refractivity contribution >= 4 is 23.2 Å². The molecule has 1 aliphatic rings. The van der Waals surface area contributed by atoms with Gasteiger partial charge in [0.1, 0.15) is 0 Å². The fraction of sp³-hybridized carbons (Fsp3) is 0.500. The molecule has 0 aromatic heterocycles. The Labute approximate surface area is 106 Å². The fourth-order valence-electron chi connectivity index (χ4n) is 1.83. The first-order valence-corrected chi connectivity index (χ1v) is 6.20. The highest BCUT2D eigenvalue weighted by molar-refractivity contribution is 6.42. The highest BCUT2D eigenvalue weighted by Gasteiger charge is 2.20. The molecule has 2 atom stereocenters. The van der Waals surface area contributed by atoms with Crippen LogP contribution in [0, 0.1) is 5.92 Å². The zero-order valence-electron chi connectivity index (χ0n) is 9.17. The second-order valence-corrected chi connectivity index (χ2v) is 5.01. The lowest BCUT2D eigenvalue weighted by Gasteiger charge is -2.17. The average molecular weight is 260 g/mol. The maximum absolute atomic E-state index is 6.18. The molecule has 1 aromatic rings. The first-order chi connectivity index (χ1) is 7.68. The van der Waals surface area contributed by atoms with E-state index in [-0.39, 0.29) is 6.10 Å². The second kappa shape index (κ2) is 5.37. The van der Waals surface area contributed by atoms with E-state index in [1.165, 1.54) is 0 Å². The van der Waals surface area contributed by atoms with E-state index >= 15 is 0 Å². The summed E-state index contributed by atoms with van der Waals surface area (Å²) in [5.74, 6) is 0.531. The molecule has 1 aliphatic heterocycles. The molecule has 1 fully saturated rings. The van der Waals surface area contributed by atoms with E-state index in [0.717, 1.165) is 25.3 Å². The first-order valence-electron chi connectivity index (χ1n) is 5.44. The van der Waals surface area contributed by atoms with Crippen LogP contribution in [0.25, 0.3) is 0 Å². The van der Waals surface area contributed by atoms with Gasteiger partial charge in [-0.1, -0.05) is 42.3 Å². The zero-order chi connectivity index (χ0) is 11.5. The van der Waals surface area contributed by atoms with Crippen molar-refractivity contribution in [2.24, 2.45) is 5.92 Å². The molecular formula is C12H15Cl2NO. The summed E-state index contributed by atoms with van der Waals surface area (Å²) in [4.78, 5) is 0. The third-order valence-electron chi connectivity index (χ3n) is 2.73. The maximum atomic E-state index is 6.18. The number of ether oxygens (including phenoxy) is 1. The van der Waals surface area contributed by atoms with Crippen LogP contribution in [0.15, 0.2) is 18.2 Å². The summed E-state index contributed by atoms with van der Waals surface area (Å²) < 4.78 is 5.83. The summed E-state index contributed by atoms with van der Waals surface area (Å²) in [5.41, 5.74) is 0.968. The van der Waals surface area contributed by atoms with E-state index in [9.17, 15) is 0 Å². The number of benzene rings is 1. The zero-order valence-corrected chi connectivity index (χ0v) is 10.7. The van der Waals surface area contributed by atoms with Crippen LogP contribution in [0.4, 0.5) is 0 Å². The molecule has 2 rings (SSSR count). The Morgan fingerprint density at radius 2 is 2.12 bits per heavy atom. The molecule has 1 saturated heterocycles. The minimum atomic E-state index is -0.00356. The topological polar surface area (TPSA) is 21.3 Å². The van der Waals surface area contributed by atoms with Crippen LogP contribution in [0.1, 0.15) is 18.6 Å².